The first-order chi connectivity index (χ1) is 10.5. The number of aryl methyl sites for hydroxylation is 1. The maximum atomic E-state index is 12.5. The Morgan fingerprint density at radius 1 is 1.32 bits per heavy atom. The molecule has 0 radical (unpaired) electrons. The van der Waals surface area contributed by atoms with Crippen molar-refractivity contribution in [1.82, 2.24) is 15.0 Å². The summed E-state index contributed by atoms with van der Waals surface area (Å²) in [5, 5.41) is 3.72. The topological polar surface area (TPSA) is 70.7 Å². The van der Waals surface area contributed by atoms with E-state index >= 15 is 0 Å². The molecule has 22 heavy (non-hydrogen) atoms. The van der Waals surface area contributed by atoms with Gasteiger partial charge < -0.3 is 4.98 Å². The van der Waals surface area contributed by atoms with E-state index in [1.807, 2.05) is 31.2 Å². The summed E-state index contributed by atoms with van der Waals surface area (Å²) in [6, 6.07) is 7.67. The zero-order chi connectivity index (χ0) is 15.7. The van der Waals surface area contributed by atoms with E-state index in [0.29, 0.717) is 17.6 Å². The van der Waals surface area contributed by atoms with Gasteiger partial charge in [-0.3, -0.25) is 10.1 Å². The highest BCUT2D eigenvalue weighted by Crippen LogP contribution is 2.22. The number of thiazole rings is 1. The number of fused-ring (bicyclic) bond motifs is 1. The van der Waals surface area contributed by atoms with Crippen molar-refractivity contribution in [3.63, 3.8) is 0 Å². The number of nitrogens with one attached hydrogen (secondary N) is 2. The van der Waals surface area contributed by atoms with Crippen LogP contribution in [0.4, 0.5) is 5.95 Å². The van der Waals surface area contributed by atoms with E-state index in [-0.39, 0.29) is 5.91 Å². The molecule has 0 saturated heterocycles. The van der Waals surface area contributed by atoms with Crippen molar-refractivity contribution >= 4 is 34.2 Å². The van der Waals surface area contributed by atoms with Gasteiger partial charge in [-0.2, -0.15) is 0 Å². The van der Waals surface area contributed by atoms with E-state index in [1.54, 1.807) is 11.3 Å². The third kappa shape index (κ3) is 3.01. The Kier molecular flexibility index (Phi) is 3.94. The molecule has 3 rings (SSSR count). The van der Waals surface area contributed by atoms with Crippen molar-refractivity contribution in [1.29, 1.82) is 0 Å². The molecule has 0 unspecified atom stereocenters. The smallest absolute Gasteiger partial charge is 0.277 e. The molecule has 0 spiro atoms. The van der Waals surface area contributed by atoms with Gasteiger partial charge in [-0.05, 0) is 31.4 Å². The molecule has 0 atom stereocenters. The number of aromatic amines is 1. The number of rotatable bonds is 4. The molecular weight excluding hydrogens is 296 g/mol. The van der Waals surface area contributed by atoms with Crippen LogP contribution >= 0.6 is 11.3 Å². The average molecular weight is 314 g/mol. The second-order valence-corrected chi connectivity index (χ2v) is 6.95. The van der Waals surface area contributed by atoms with E-state index in [1.165, 1.54) is 0 Å². The number of para-hydroxylation sites is 2. The van der Waals surface area contributed by atoms with Crippen LogP contribution in [0.25, 0.3) is 11.0 Å². The number of H-pyrrole nitrogens is 1. The van der Waals surface area contributed by atoms with Crippen LogP contribution in [0, 0.1) is 12.8 Å². The number of benzene rings is 1. The van der Waals surface area contributed by atoms with Crippen LogP contribution in [0.5, 0.6) is 0 Å². The fourth-order valence-corrected chi connectivity index (χ4v) is 3.48. The van der Waals surface area contributed by atoms with Gasteiger partial charge in [0.05, 0.1) is 16.0 Å². The molecule has 1 aromatic carbocycles. The lowest BCUT2D eigenvalue weighted by atomic mass is 10.1. The third-order valence-electron chi connectivity index (χ3n) is 3.23. The normalized spacial score (nSPS) is 11.3. The molecule has 0 aliphatic heterocycles. The quantitative estimate of drug-likeness (QED) is 0.770. The Morgan fingerprint density at radius 2 is 2.09 bits per heavy atom. The summed E-state index contributed by atoms with van der Waals surface area (Å²) in [6.45, 7) is 6.19. The molecule has 0 saturated carbocycles. The van der Waals surface area contributed by atoms with Crippen LogP contribution in [-0.2, 0) is 6.42 Å². The molecule has 2 heterocycles. The highest BCUT2D eigenvalue weighted by molar-refractivity contribution is 7.11. The van der Waals surface area contributed by atoms with Gasteiger partial charge in [-0.15, -0.1) is 11.3 Å². The van der Waals surface area contributed by atoms with E-state index in [9.17, 15) is 4.79 Å². The predicted octanol–water partition coefficient (Wildman–Crippen LogP) is 3.78. The molecule has 114 valence electrons. The number of amides is 1. The zero-order valence-corrected chi connectivity index (χ0v) is 13.6. The van der Waals surface area contributed by atoms with Gasteiger partial charge >= 0.3 is 0 Å². The molecule has 6 heteroatoms. The number of imidazole rings is 1. The lowest BCUT2D eigenvalue weighted by Gasteiger charge is -2.04. The summed E-state index contributed by atoms with van der Waals surface area (Å²) in [4.78, 5) is 25.3. The second-order valence-electron chi connectivity index (χ2n) is 5.66. The molecule has 3 aromatic rings. The fraction of sp³-hybridized carbons (Fsp3) is 0.312. The summed E-state index contributed by atoms with van der Waals surface area (Å²) < 4.78 is 0. The largest absolute Gasteiger partial charge is 0.324 e. The molecule has 0 aliphatic carbocycles. The van der Waals surface area contributed by atoms with Crippen molar-refractivity contribution in [2.24, 2.45) is 5.92 Å². The molecular formula is C16H18N4OS. The van der Waals surface area contributed by atoms with Crippen molar-refractivity contribution in [2.75, 3.05) is 5.32 Å². The SMILES string of the molecule is Cc1nc(C(=O)Nc2nc3ccccc3[nH]2)c(CC(C)C)s1. The lowest BCUT2D eigenvalue weighted by molar-refractivity contribution is 0.102. The molecule has 2 aromatic heterocycles. The summed E-state index contributed by atoms with van der Waals surface area (Å²) >= 11 is 1.58. The molecule has 1 amide bonds. The van der Waals surface area contributed by atoms with Gasteiger partial charge in [-0.25, -0.2) is 9.97 Å². The monoisotopic (exact) mass is 314 g/mol. The Hall–Kier alpha value is -2.21. The van der Waals surface area contributed by atoms with E-state index in [0.717, 1.165) is 27.3 Å². The van der Waals surface area contributed by atoms with Crippen molar-refractivity contribution in [2.45, 2.75) is 27.2 Å². The van der Waals surface area contributed by atoms with Crippen LogP contribution in [0.15, 0.2) is 24.3 Å². The van der Waals surface area contributed by atoms with E-state index in [4.69, 9.17) is 0 Å². The fourth-order valence-electron chi connectivity index (χ4n) is 2.33. The van der Waals surface area contributed by atoms with Crippen molar-refractivity contribution in [3.8, 4) is 0 Å². The van der Waals surface area contributed by atoms with Gasteiger partial charge in [0.2, 0.25) is 5.95 Å². The van der Waals surface area contributed by atoms with Gasteiger partial charge in [0, 0.05) is 4.88 Å². The van der Waals surface area contributed by atoms with Crippen LogP contribution in [-0.4, -0.2) is 20.9 Å². The molecule has 2 N–H and O–H groups in total. The summed E-state index contributed by atoms with van der Waals surface area (Å²) in [6.07, 6.45) is 0.856. The minimum absolute atomic E-state index is 0.209. The predicted molar refractivity (Wildman–Crippen MR) is 89.4 cm³/mol. The average Bonchev–Trinajstić information content (AvgIpc) is 3.00. The second kappa shape index (κ2) is 5.88. The minimum Gasteiger partial charge on any atom is -0.324 e. The Morgan fingerprint density at radius 3 is 2.82 bits per heavy atom. The van der Waals surface area contributed by atoms with E-state index < -0.39 is 0 Å². The minimum atomic E-state index is -0.209. The van der Waals surface area contributed by atoms with E-state index in [2.05, 4.69) is 34.1 Å². The standard InChI is InChI=1S/C16H18N4OS/c1-9(2)8-13-14(17-10(3)22-13)15(21)20-16-18-11-6-4-5-7-12(11)19-16/h4-7,9H,8H2,1-3H3,(H2,18,19,20,21). The molecule has 5 nitrogen and oxygen atoms in total. The Bertz CT molecular complexity index is 786. The number of hydrogen-bond acceptors (Lipinski definition) is 4. The van der Waals surface area contributed by atoms with Crippen molar-refractivity contribution in [3.05, 3.63) is 39.8 Å². The Balaban J connectivity index is 1.85. The van der Waals surface area contributed by atoms with Crippen LogP contribution in [0.3, 0.4) is 0 Å². The van der Waals surface area contributed by atoms with Crippen LogP contribution in [0.2, 0.25) is 0 Å². The number of anilines is 1. The molecule has 0 bridgehead atoms. The molecule has 0 aliphatic rings. The number of carbonyl (C=O) groups excluding carboxylic acids is 1. The van der Waals surface area contributed by atoms with Gasteiger partial charge in [0.1, 0.15) is 5.69 Å². The Labute approximate surface area is 132 Å². The number of hydrogen-bond donors (Lipinski definition) is 2. The van der Waals surface area contributed by atoms with Gasteiger partial charge in [0.25, 0.3) is 5.91 Å². The highest BCUT2D eigenvalue weighted by atomic mass is 32.1. The third-order valence-corrected chi connectivity index (χ3v) is 4.23. The van der Waals surface area contributed by atoms with Crippen LogP contribution < -0.4 is 5.32 Å². The maximum Gasteiger partial charge on any atom is 0.277 e. The van der Waals surface area contributed by atoms with Gasteiger partial charge in [-0.1, -0.05) is 26.0 Å². The number of carbonyl (C=O) groups is 1. The van der Waals surface area contributed by atoms with Gasteiger partial charge in [0.15, 0.2) is 0 Å². The first-order valence-electron chi connectivity index (χ1n) is 7.25. The summed E-state index contributed by atoms with van der Waals surface area (Å²) in [7, 11) is 0. The maximum absolute atomic E-state index is 12.5. The first kappa shape index (κ1) is 14.7. The van der Waals surface area contributed by atoms with Crippen LogP contribution in [0.1, 0.15) is 34.2 Å². The summed E-state index contributed by atoms with van der Waals surface area (Å²) in [5.74, 6) is 0.726. The zero-order valence-electron chi connectivity index (χ0n) is 12.8. The number of aromatic nitrogens is 3. The molecule has 0 fully saturated rings. The summed E-state index contributed by atoms with van der Waals surface area (Å²) in [5.41, 5.74) is 2.24. The first-order valence-corrected chi connectivity index (χ1v) is 8.07. The highest BCUT2D eigenvalue weighted by Gasteiger charge is 2.18. The van der Waals surface area contributed by atoms with Crippen molar-refractivity contribution < 1.29 is 4.79 Å². The lowest BCUT2D eigenvalue weighted by Crippen LogP contribution is -2.15. The number of nitrogens with zero attached hydrogens (tertiary/aromatic N) is 2.